The largest absolute Gasteiger partial charge is 0.468 e. The summed E-state index contributed by atoms with van der Waals surface area (Å²) in [6.45, 7) is 7.88. The molecule has 1 saturated heterocycles. The number of hydrogen-bond acceptors (Lipinski definition) is 7. The van der Waals surface area contributed by atoms with E-state index in [2.05, 4.69) is 79.0 Å². The first kappa shape index (κ1) is 27.6. The van der Waals surface area contributed by atoms with Gasteiger partial charge in [0.2, 0.25) is 0 Å². The second-order valence-electron chi connectivity index (χ2n) is 8.71. The number of nitrogens with zero attached hydrogens (tertiary/aromatic N) is 2. The number of carbonyl (C=O) groups excluding carboxylic acids is 1. The Morgan fingerprint density at radius 1 is 1.03 bits per heavy atom. The summed E-state index contributed by atoms with van der Waals surface area (Å²) >= 11 is 1.48. The number of aryl methyl sites for hydroxylation is 1. The number of piperazine rings is 1. The molecule has 3 aromatic rings. The van der Waals surface area contributed by atoms with Crippen LogP contribution in [0.25, 0.3) is 5.57 Å². The highest BCUT2D eigenvalue weighted by Gasteiger charge is 2.18. The van der Waals surface area contributed by atoms with Crippen LogP contribution < -0.4 is 9.62 Å². The van der Waals surface area contributed by atoms with Crippen LogP contribution in [0.1, 0.15) is 48.3 Å². The van der Waals surface area contributed by atoms with E-state index in [4.69, 9.17) is 4.42 Å². The van der Waals surface area contributed by atoms with Gasteiger partial charge in [0, 0.05) is 60.7 Å². The maximum Gasteiger partial charge on any atom is 0.320 e. The monoisotopic (exact) mass is 529 g/mol. The molecular weight excluding hydrogens is 494 g/mol. The van der Waals surface area contributed by atoms with Crippen molar-refractivity contribution in [2.24, 2.45) is 0 Å². The van der Waals surface area contributed by atoms with Crippen molar-refractivity contribution < 1.29 is 13.9 Å². The molecule has 1 aliphatic carbocycles. The van der Waals surface area contributed by atoms with Gasteiger partial charge in [0.05, 0.1) is 13.4 Å². The smallest absolute Gasteiger partial charge is 0.320 e. The van der Waals surface area contributed by atoms with Gasteiger partial charge in [-0.05, 0) is 72.5 Å². The summed E-state index contributed by atoms with van der Waals surface area (Å²) in [6.07, 6.45) is 6.06. The summed E-state index contributed by atoms with van der Waals surface area (Å²) in [6, 6.07) is 18.9. The molecule has 0 atom stereocenters. The Hall–Kier alpha value is -3.44. The number of carbonyl (C=O) groups is 1. The van der Waals surface area contributed by atoms with E-state index in [9.17, 15) is 4.79 Å². The molecule has 2 aromatic carbocycles. The fraction of sp³-hybridized carbons (Fsp3) is 0.323. The van der Waals surface area contributed by atoms with Crippen LogP contribution in [-0.4, -0.2) is 50.1 Å². The molecule has 6 nitrogen and oxygen atoms in total. The van der Waals surface area contributed by atoms with Crippen LogP contribution in [-0.2, 0) is 16.0 Å². The standard InChI is InChI=1S/C29H29N3O3S.C2H6/c1-34-29(33)21-30-36-32-17-15-31(16-18-32)25-13-10-22(11-14-25)7-8-23-9-12-24-4-2-5-26(27(24)20-23)28-6-3-19-35-28;1-2/h3,5-6,9-14,19-20,30H,2,4,15-18,21H2,1H3;1-2H3. The highest BCUT2D eigenvalue weighted by Crippen LogP contribution is 2.32. The Bertz CT molecular complexity index is 1280. The molecule has 1 N–H and O–H groups in total. The van der Waals surface area contributed by atoms with Gasteiger partial charge in [0.25, 0.3) is 0 Å². The molecule has 2 aliphatic rings. The molecule has 0 saturated carbocycles. The second-order valence-corrected chi connectivity index (χ2v) is 9.69. The number of benzene rings is 2. The summed E-state index contributed by atoms with van der Waals surface area (Å²) in [5.41, 5.74) is 6.93. The van der Waals surface area contributed by atoms with Crippen molar-refractivity contribution in [3.05, 3.63) is 95.0 Å². The van der Waals surface area contributed by atoms with Crippen LogP contribution in [0.4, 0.5) is 5.69 Å². The number of ether oxygens (including phenoxy) is 1. The lowest BCUT2D eigenvalue weighted by Gasteiger charge is -2.35. The number of methoxy groups -OCH3 is 1. The first-order valence-electron chi connectivity index (χ1n) is 13.2. The molecular formula is C31H35N3O3S. The van der Waals surface area contributed by atoms with E-state index in [0.29, 0.717) is 0 Å². The molecule has 2 heterocycles. The van der Waals surface area contributed by atoms with E-state index in [1.54, 1.807) is 6.26 Å². The van der Waals surface area contributed by atoms with Crippen molar-refractivity contribution in [2.75, 3.05) is 44.7 Å². The SMILES string of the molecule is CC.COC(=O)CNSN1CCN(c2ccc(C#Cc3ccc4c(c3)C(c3ccco3)=CCC4)cc2)CC1. The van der Waals surface area contributed by atoms with E-state index in [-0.39, 0.29) is 12.5 Å². The van der Waals surface area contributed by atoms with Crippen molar-refractivity contribution in [3.8, 4) is 11.8 Å². The number of furan rings is 1. The predicted octanol–water partition coefficient (Wildman–Crippen LogP) is 5.53. The molecule has 1 aliphatic heterocycles. The highest BCUT2D eigenvalue weighted by atomic mass is 32.2. The summed E-state index contributed by atoms with van der Waals surface area (Å²) in [4.78, 5) is 13.6. The second kappa shape index (κ2) is 13.9. The van der Waals surface area contributed by atoms with Crippen LogP contribution >= 0.6 is 12.1 Å². The summed E-state index contributed by atoms with van der Waals surface area (Å²) < 4.78 is 15.6. The maximum absolute atomic E-state index is 11.2. The third-order valence-electron chi connectivity index (χ3n) is 6.41. The van der Waals surface area contributed by atoms with Crippen molar-refractivity contribution >= 4 is 29.4 Å². The van der Waals surface area contributed by atoms with E-state index in [1.165, 1.54) is 36.1 Å². The highest BCUT2D eigenvalue weighted by molar-refractivity contribution is 7.95. The van der Waals surface area contributed by atoms with Gasteiger partial charge < -0.3 is 14.1 Å². The Kier molecular flexibility index (Phi) is 10.1. The number of rotatable bonds is 6. The molecule has 7 heteroatoms. The Labute approximate surface area is 230 Å². The Morgan fingerprint density at radius 2 is 1.76 bits per heavy atom. The van der Waals surface area contributed by atoms with E-state index in [1.807, 2.05) is 26.0 Å². The molecule has 0 bridgehead atoms. The van der Waals surface area contributed by atoms with Gasteiger partial charge in [0.1, 0.15) is 12.3 Å². The minimum absolute atomic E-state index is 0.206. The van der Waals surface area contributed by atoms with Gasteiger partial charge in [-0.1, -0.05) is 37.8 Å². The number of anilines is 1. The molecule has 38 heavy (non-hydrogen) atoms. The molecule has 1 fully saturated rings. The average Bonchev–Trinajstić information content (AvgIpc) is 3.52. The minimum Gasteiger partial charge on any atom is -0.468 e. The van der Waals surface area contributed by atoms with Crippen LogP contribution in [0.2, 0.25) is 0 Å². The molecule has 0 spiro atoms. The van der Waals surface area contributed by atoms with Gasteiger partial charge in [-0.2, -0.15) is 0 Å². The van der Waals surface area contributed by atoms with Crippen molar-refractivity contribution in [3.63, 3.8) is 0 Å². The first-order valence-corrected chi connectivity index (χ1v) is 13.9. The fourth-order valence-electron chi connectivity index (χ4n) is 4.46. The van der Waals surface area contributed by atoms with Crippen molar-refractivity contribution in [1.29, 1.82) is 0 Å². The predicted molar refractivity (Wildman–Crippen MR) is 156 cm³/mol. The van der Waals surface area contributed by atoms with E-state index in [0.717, 1.165) is 61.5 Å². The zero-order valence-electron chi connectivity index (χ0n) is 22.3. The third-order valence-corrected chi connectivity index (χ3v) is 7.31. The molecule has 198 valence electrons. The van der Waals surface area contributed by atoms with Gasteiger partial charge >= 0.3 is 5.97 Å². The molecule has 5 rings (SSSR count). The van der Waals surface area contributed by atoms with E-state index < -0.39 is 0 Å². The van der Waals surface area contributed by atoms with Crippen LogP contribution in [0, 0.1) is 11.8 Å². The summed E-state index contributed by atoms with van der Waals surface area (Å²) in [7, 11) is 1.40. The van der Waals surface area contributed by atoms with Crippen LogP contribution in [0.15, 0.2) is 71.4 Å². The zero-order chi connectivity index (χ0) is 26.7. The molecule has 1 aromatic heterocycles. The first-order chi connectivity index (χ1) is 18.7. The normalized spacial score (nSPS) is 14.8. The number of nitrogens with one attached hydrogen (secondary N) is 1. The van der Waals surface area contributed by atoms with E-state index >= 15 is 0 Å². The quantitative estimate of drug-likeness (QED) is 0.256. The summed E-state index contributed by atoms with van der Waals surface area (Å²) in [5.74, 6) is 7.32. The van der Waals surface area contributed by atoms with Crippen molar-refractivity contribution in [2.45, 2.75) is 26.7 Å². The number of hydrogen-bond donors (Lipinski definition) is 1. The lowest BCUT2D eigenvalue weighted by atomic mass is 9.88. The molecule has 0 radical (unpaired) electrons. The van der Waals surface area contributed by atoms with Gasteiger partial charge in [-0.3, -0.25) is 4.79 Å². The topological polar surface area (TPSA) is 58.0 Å². The lowest BCUT2D eigenvalue weighted by molar-refractivity contribution is -0.139. The molecule has 0 unspecified atom stereocenters. The average molecular weight is 530 g/mol. The van der Waals surface area contributed by atoms with Gasteiger partial charge in [-0.25, -0.2) is 9.03 Å². The zero-order valence-corrected chi connectivity index (χ0v) is 23.1. The fourth-order valence-corrected chi connectivity index (χ4v) is 5.17. The number of esters is 1. The number of fused-ring (bicyclic) bond motifs is 1. The van der Waals surface area contributed by atoms with Crippen LogP contribution in [0.5, 0.6) is 0 Å². The minimum atomic E-state index is -0.258. The van der Waals surface area contributed by atoms with Crippen molar-refractivity contribution in [1.82, 2.24) is 9.03 Å². The third kappa shape index (κ3) is 7.11. The molecule has 0 amide bonds. The lowest BCUT2D eigenvalue weighted by Crippen LogP contribution is -2.44. The number of allylic oxidation sites excluding steroid dienone is 1. The maximum atomic E-state index is 11.2. The van der Waals surface area contributed by atoms with Gasteiger partial charge in [-0.15, -0.1) is 0 Å². The Morgan fingerprint density at radius 3 is 2.47 bits per heavy atom. The van der Waals surface area contributed by atoms with Crippen LogP contribution in [0.3, 0.4) is 0 Å². The Balaban J connectivity index is 0.00000164. The summed E-state index contributed by atoms with van der Waals surface area (Å²) in [5, 5.41) is 0. The van der Waals surface area contributed by atoms with Gasteiger partial charge in [0.15, 0.2) is 0 Å².